The van der Waals surface area contributed by atoms with Crippen LogP contribution in [0.2, 0.25) is 0 Å². The predicted octanol–water partition coefficient (Wildman–Crippen LogP) is -0.291. The average Bonchev–Trinajstić information content (AvgIpc) is 2.10. The molecule has 1 saturated heterocycles. The molecule has 0 amide bonds. The molecular weight excluding hydrogens is 120 g/mol. The van der Waals surface area contributed by atoms with Gasteiger partial charge in [-0.3, -0.25) is 9.59 Å². The van der Waals surface area contributed by atoms with Crippen LogP contribution in [-0.2, 0) is 14.3 Å². The molecule has 1 atom stereocenters. The minimum Gasteiger partial charge on any atom is -0.392 e. The predicted molar refractivity (Wildman–Crippen MR) is 28.0 cm³/mol. The van der Waals surface area contributed by atoms with E-state index < -0.39 is 17.9 Å². The molecule has 0 aliphatic carbocycles. The smallest absolute Gasteiger partial charge is 0.329 e. The van der Waals surface area contributed by atoms with Crippen molar-refractivity contribution in [2.24, 2.45) is 5.92 Å². The van der Waals surface area contributed by atoms with Crippen molar-refractivity contribution < 1.29 is 14.3 Å². The number of terminal acetylenes is 1. The molecule has 1 aliphatic heterocycles. The number of hydrogen-bond donors (Lipinski definition) is 0. The van der Waals surface area contributed by atoms with E-state index in [1.165, 1.54) is 0 Å². The van der Waals surface area contributed by atoms with Gasteiger partial charge in [-0.25, -0.2) is 0 Å². The molecule has 3 heteroatoms. The molecule has 0 aromatic carbocycles. The monoisotopic (exact) mass is 124 g/mol. The Morgan fingerprint density at radius 1 is 1.67 bits per heavy atom. The number of carbonyl (C=O) groups is 2. The van der Waals surface area contributed by atoms with E-state index in [-0.39, 0.29) is 6.42 Å². The van der Waals surface area contributed by atoms with Gasteiger partial charge in [0.1, 0.15) is 5.92 Å². The Morgan fingerprint density at radius 2 is 2.33 bits per heavy atom. The van der Waals surface area contributed by atoms with Gasteiger partial charge in [-0.2, -0.15) is 0 Å². The highest BCUT2D eigenvalue weighted by Crippen LogP contribution is 2.13. The van der Waals surface area contributed by atoms with Crippen LogP contribution < -0.4 is 0 Å². The van der Waals surface area contributed by atoms with Crippen molar-refractivity contribution in [1.82, 2.24) is 0 Å². The first-order valence-electron chi connectivity index (χ1n) is 2.44. The van der Waals surface area contributed by atoms with E-state index in [0.717, 1.165) is 0 Å². The fraction of sp³-hybridized carbons (Fsp3) is 0.333. The number of esters is 2. The molecule has 9 heavy (non-hydrogen) atoms. The van der Waals surface area contributed by atoms with Gasteiger partial charge in [-0.1, -0.05) is 5.92 Å². The molecule has 0 radical (unpaired) electrons. The number of cyclic esters (lactones) is 2. The van der Waals surface area contributed by atoms with Gasteiger partial charge in [-0.05, 0) is 0 Å². The number of rotatable bonds is 0. The fourth-order valence-corrected chi connectivity index (χ4v) is 0.602. The highest BCUT2D eigenvalue weighted by atomic mass is 16.6. The van der Waals surface area contributed by atoms with Crippen LogP contribution in [0.1, 0.15) is 6.42 Å². The summed E-state index contributed by atoms with van der Waals surface area (Å²) >= 11 is 0. The quantitative estimate of drug-likeness (QED) is 0.253. The van der Waals surface area contributed by atoms with Crippen molar-refractivity contribution >= 4 is 11.9 Å². The van der Waals surface area contributed by atoms with Crippen LogP contribution in [0.4, 0.5) is 0 Å². The Kier molecular flexibility index (Phi) is 1.23. The standard InChI is InChI=1S/C6H4O3/c1-2-4-3-5(7)9-6(4)8/h1,4H,3H2/t4-/m0/s1. The highest BCUT2D eigenvalue weighted by Gasteiger charge is 2.31. The van der Waals surface area contributed by atoms with Gasteiger partial charge >= 0.3 is 11.9 Å². The van der Waals surface area contributed by atoms with Gasteiger partial charge < -0.3 is 4.74 Å². The van der Waals surface area contributed by atoms with Crippen molar-refractivity contribution in [3.63, 3.8) is 0 Å². The van der Waals surface area contributed by atoms with Crippen LogP contribution in [-0.4, -0.2) is 11.9 Å². The second kappa shape index (κ2) is 1.90. The second-order valence-corrected chi connectivity index (χ2v) is 1.72. The van der Waals surface area contributed by atoms with Crippen LogP contribution in [0.15, 0.2) is 0 Å². The zero-order valence-corrected chi connectivity index (χ0v) is 4.59. The summed E-state index contributed by atoms with van der Waals surface area (Å²) in [6.45, 7) is 0. The Bertz CT molecular complexity index is 199. The topological polar surface area (TPSA) is 43.4 Å². The van der Waals surface area contributed by atoms with E-state index in [0.29, 0.717) is 0 Å². The van der Waals surface area contributed by atoms with Crippen LogP contribution in [0.5, 0.6) is 0 Å². The summed E-state index contributed by atoms with van der Waals surface area (Å²) in [6, 6.07) is 0. The van der Waals surface area contributed by atoms with E-state index >= 15 is 0 Å². The summed E-state index contributed by atoms with van der Waals surface area (Å²) < 4.78 is 4.14. The fourth-order valence-electron chi connectivity index (χ4n) is 0.602. The first-order valence-corrected chi connectivity index (χ1v) is 2.44. The average molecular weight is 124 g/mol. The van der Waals surface area contributed by atoms with E-state index in [4.69, 9.17) is 6.42 Å². The highest BCUT2D eigenvalue weighted by molar-refractivity contribution is 5.96. The molecule has 46 valence electrons. The zero-order valence-electron chi connectivity index (χ0n) is 4.59. The molecule has 0 unspecified atom stereocenters. The molecule has 1 fully saturated rings. The van der Waals surface area contributed by atoms with Gasteiger partial charge in [0.25, 0.3) is 0 Å². The Labute approximate surface area is 52.0 Å². The lowest BCUT2D eigenvalue weighted by Crippen LogP contribution is -2.03. The molecule has 0 N–H and O–H groups in total. The Hall–Kier alpha value is -1.30. The van der Waals surface area contributed by atoms with E-state index in [1.54, 1.807) is 0 Å². The third-order valence-electron chi connectivity index (χ3n) is 1.07. The van der Waals surface area contributed by atoms with Gasteiger partial charge in [0.05, 0.1) is 6.42 Å². The maximum atomic E-state index is 10.4. The SMILES string of the molecule is C#C[C@H]1CC(=O)OC1=O. The molecule has 3 nitrogen and oxygen atoms in total. The van der Waals surface area contributed by atoms with E-state index in [2.05, 4.69) is 10.7 Å². The number of carbonyl (C=O) groups excluding carboxylic acids is 2. The van der Waals surface area contributed by atoms with Crippen molar-refractivity contribution in [1.29, 1.82) is 0 Å². The second-order valence-electron chi connectivity index (χ2n) is 1.72. The lowest BCUT2D eigenvalue weighted by atomic mass is 10.1. The van der Waals surface area contributed by atoms with Crippen LogP contribution >= 0.6 is 0 Å². The van der Waals surface area contributed by atoms with Crippen LogP contribution in [0, 0.1) is 18.3 Å². The maximum Gasteiger partial charge on any atom is 0.329 e. The molecule has 1 heterocycles. The van der Waals surface area contributed by atoms with Crippen LogP contribution in [0.25, 0.3) is 0 Å². The van der Waals surface area contributed by atoms with Crippen LogP contribution in [0.3, 0.4) is 0 Å². The van der Waals surface area contributed by atoms with E-state index in [9.17, 15) is 9.59 Å². The van der Waals surface area contributed by atoms with Gasteiger partial charge in [0, 0.05) is 0 Å². The summed E-state index contributed by atoms with van der Waals surface area (Å²) in [6.07, 6.45) is 4.92. The summed E-state index contributed by atoms with van der Waals surface area (Å²) in [5.41, 5.74) is 0. The largest absolute Gasteiger partial charge is 0.392 e. The summed E-state index contributed by atoms with van der Waals surface area (Å²) in [5, 5.41) is 0. The number of ether oxygens (including phenoxy) is 1. The minimum atomic E-state index is -0.641. The van der Waals surface area contributed by atoms with Crippen molar-refractivity contribution in [2.75, 3.05) is 0 Å². The lowest BCUT2D eigenvalue weighted by Gasteiger charge is -1.86. The van der Waals surface area contributed by atoms with Gasteiger partial charge in [-0.15, -0.1) is 6.42 Å². The normalized spacial score (nSPS) is 25.4. The van der Waals surface area contributed by atoms with Crippen molar-refractivity contribution in [3.05, 3.63) is 0 Å². The molecule has 0 spiro atoms. The summed E-state index contributed by atoms with van der Waals surface area (Å²) in [7, 11) is 0. The van der Waals surface area contributed by atoms with Gasteiger partial charge in [0.15, 0.2) is 0 Å². The molecular formula is C6H4O3. The third kappa shape index (κ3) is 0.918. The summed E-state index contributed by atoms with van der Waals surface area (Å²) in [4.78, 5) is 20.7. The third-order valence-corrected chi connectivity index (χ3v) is 1.07. The number of hydrogen-bond acceptors (Lipinski definition) is 3. The molecule has 1 rings (SSSR count). The zero-order chi connectivity index (χ0) is 6.85. The minimum absolute atomic E-state index is 0.0370. The first-order chi connectivity index (χ1) is 4.24. The Morgan fingerprint density at radius 3 is 2.56 bits per heavy atom. The van der Waals surface area contributed by atoms with Gasteiger partial charge in [0.2, 0.25) is 0 Å². The first kappa shape index (κ1) is 5.83. The molecule has 1 aliphatic rings. The molecule has 0 aromatic heterocycles. The molecule has 0 bridgehead atoms. The lowest BCUT2D eigenvalue weighted by molar-refractivity contribution is -0.152. The Balaban J connectivity index is 2.72. The van der Waals surface area contributed by atoms with E-state index in [1.807, 2.05) is 0 Å². The molecule has 0 saturated carbocycles. The van der Waals surface area contributed by atoms with Crippen molar-refractivity contribution in [2.45, 2.75) is 6.42 Å². The maximum absolute atomic E-state index is 10.4. The molecule has 0 aromatic rings. The van der Waals surface area contributed by atoms with Crippen molar-refractivity contribution in [3.8, 4) is 12.3 Å². The summed E-state index contributed by atoms with van der Waals surface area (Å²) in [5.74, 6) is 0.388.